The summed E-state index contributed by atoms with van der Waals surface area (Å²) in [5.74, 6) is 0.264. The second kappa shape index (κ2) is 12.4. The van der Waals surface area contributed by atoms with Crippen LogP contribution in [0, 0.1) is 0 Å². The molecule has 12 nitrogen and oxygen atoms in total. The summed E-state index contributed by atoms with van der Waals surface area (Å²) in [6.07, 6.45) is 0.0786. The summed E-state index contributed by atoms with van der Waals surface area (Å²) >= 11 is 1.32. The number of sulfonamides is 1. The van der Waals surface area contributed by atoms with Gasteiger partial charge in [-0.2, -0.15) is 4.31 Å². The standard InChI is InChI=1S/C31H33N5O7S2/c1-42-26-11-9-24-29(33-26)44-27(32-24)17-28(38)36-20-31(12-13-34(19-31)30(39)43-2)23-16-22(8-10-25(23)36)45(40,41)35(14-15-37)18-21-6-4-3-5-7-21/h3-11,16,37H,12-15,17-20H2,1-2H3/t31-/m0/s1. The number of hydrogen-bond donors (Lipinski definition) is 1. The lowest BCUT2D eigenvalue weighted by Gasteiger charge is -2.26. The lowest BCUT2D eigenvalue weighted by Crippen LogP contribution is -2.40. The number of aliphatic hydroxyl groups is 1. The van der Waals surface area contributed by atoms with Gasteiger partial charge in [-0.05, 0) is 41.8 Å². The summed E-state index contributed by atoms with van der Waals surface area (Å²) in [7, 11) is -1.17. The Morgan fingerprint density at radius 2 is 1.87 bits per heavy atom. The Bertz CT molecular complexity index is 1850. The van der Waals surface area contributed by atoms with E-state index in [0.29, 0.717) is 45.5 Å². The molecule has 6 rings (SSSR count). The molecule has 0 unspecified atom stereocenters. The molecule has 1 N–H and O–H groups in total. The van der Waals surface area contributed by atoms with E-state index in [1.165, 1.54) is 35.9 Å². The normalized spacial score (nSPS) is 17.8. The first kappa shape index (κ1) is 30.9. The molecule has 1 fully saturated rings. The Labute approximate surface area is 264 Å². The van der Waals surface area contributed by atoms with Crippen LogP contribution in [0.1, 0.15) is 22.6 Å². The average molecular weight is 652 g/mol. The van der Waals surface area contributed by atoms with Crippen molar-refractivity contribution in [2.45, 2.75) is 29.7 Å². The van der Waals surface area contributed by atoms with Crippen molar-refractivity contribution in [1.29, 1.82) is 0 Å². The van der Waals surface area contributed by atoms with Crippen molar-refractivity contribution in [3.63, 3.8) is 0 Å². The van der Waals surface area contributed by atoms with E-state index in [9.17, 15) is 23.1 Å². The van der Waals surface area contributed by atoms with Crippen molar-refractivity contribution in [3.8, 4) is 5.88 Å². The van der Waals surface area contributed by atoms with Crippen molar-refractivity contribution in [1.82, 2.24) is 19.2 Å². The van der Waals surface area contributed by atoms with E-state index in [0.717, 1.165) is 5.56 Å². The summed E-state index contributed by atoms with van der Waals surface area (Å²) in [6.45, 7) is 0.625. The topological polar surface area (TPSA) is 142 Å². The van der Waals surface area contributed by atoms with E-state index < -0.39 is 21.5 Å². The number of ether oxygens (including phenoxy) is 2. The van der Waals surface area contributed by atoms with Gasteiger partial charge in [0.2, 0.25) is 21.8 Å². The molecule has 1 atom stereocenters. The molecule has 14 heteroatoms. The number of nitrogens with zero attached hydrogens (tertiary/aromatic N) is 5. The zero-order chi connectivity index (χ0) is 31.8. The molecule has 4 aromatic rings. The number of aliphatic hydroxyl groups excluding tert-OH is 1. The van der Waals surface area contributed by atoms with E-state index >= 15 is 0 Å². The molecule has 2 aromatic heterocycles. The Kier molecular flexibility index (Phi) is 8.48. The number of pyridine rings is 1. The van der Waals surface area contributed by atoms with Gasteiger partial charge in [-0.15, -0.1) is 0 Å². The maximum absolute atomic E-state index is 14.0. The quantitative estimate of drug-likeness (QED) is 0.289. The van der Waals surface area contributed by atoms with Gasteiger partial charge < -0.3 is 24.4 Å². The number of amides is 2. The number of fused-ring (bicyclic) bond motifs is 3. The zero-order valence-electron chi connectivity index (χ0n) is 24.9. The highest BCUT2D eigenvalue weighted by atomic mass is 32.2. The Balaban J connectivity index is 1.35. The second-order valence-electron chi connectivity index (χ2n) is 11.1. The highest BCUT2D eigenvalue weighted by molar-refractivity contribution is 7.89. The van der Waals surface area contributed by atoms with E-state index in [2.05, 4.69) is 9.97 Å². The second-order valence-corrected chi connectivity index (χ2v) is 14.1. The van der Waals surface area contributed by atoms with Gasteiger partial charge in [0.15, 0.2) is 0 Å². The molecule has 0 radical (unpaired) electrons. The molecule has 2 aromatic carbocycles. The predicted molar refractivity (Wildman–Crippen MR) is 168 cm³/mol. The summed E-state index contributed by atoms with van der Waals surface area (Å²) < 4.78 is 39.4. The van der Waals surface area contributed by atoms with Crippen molar-refractivity contribution < 1.29 is 32.6 Å². The SMILES string of the molecule is COC(=O)N1CC[C@]2(C1)CN(C(=O)Cc1nc3ccc(OC)nc3s1)c1ccc(S(=O)(=O)N(CCO)Cc3ccccc3)cc12. The van der Waals surface area contributed by atoms with Crippen LogP contribution in [0.3, 0.4) is 0 Å². The summed E-state index contributed by atoms with van der Waals surface area (Å²) in [5, 5.41) is 10.3. The highest BCUT2D eigenvalue weighted by Gasteiger charge is 2.50. The minimum atomic E-state index is -4.03. The number of carbonyl (C=O) groups is 2. The fourth-order valence-corrected chi connectivity index (χ4v) is 8.49. The number of likely N-dealkylation sites (tertiary alicyclic amines) is 1. The fraction of sp³-hybridized carbons (Fsp3) is 0.355. The smallest absolute Gasteiger partial charge is 0.409 e. The minimum Gasteiger partial charge on any atom is -0.481 e. The summed E-state index contributed by atoms with van der Waals surface area (Å²) in [4.78, 5) is 39.3. The molecule has 0 aliphatic carbocycles. The van der Waals surface area contributed by atoms with Gasteiger partial charge in [-0.3, -0.25) is 4.79 Å². The van der Waals surface area contributed by atoms with Crippen molar-refractivity contribution in [3.05, 3.63) is 76.8 Å². The molecule has 4 heterocycles. The van der Waals surface area contributed by atoms with Crippen LogP contribution in [0.4, 0.5) is 10.5 Å². The number of methoxy groups -OCH3 is 2. The highest BCUT2D eigenvalue weighted by Crippen LogP contribution is 2.48. The minimum absolute atomic E-state index is 0.0288. The van der Waals surface area contributed by atoms with Crippen LogP contribution in [0.15, 0.2) is 65.6 Å². The van der Waals surface area contributed by atoms with Crippen LogP contribution in [-0.4, -0.2) is 91.7 Å². The van der Waals surface area contributed by atoms with Crippen molar-refractivity contribution >= 4 is 49.4 Å². The molecule has 1 spiro atoms. The Hall–Kier alpha value is -4.11. The van der Waals surface area contributed by atoms with Crippen LogP contribution in [0.2, 0.25) is 0 Å². The lowest BCUT2D eigenvalue weighted by molar-refractivity contribution is -0.118. The number of benzene rings is 2. The molecule has 2 aliphatic heterocycles. The van der Waals surface area contributed by atoms with Gasteiger partial charge in [0.25, 0.3) is 0 Å². The molecule has 0 saturated carbocycles. The lowest BCUT2D eigenvalue weighted by atomic mass is 9.81. The molecular formula is C31H33N5O7S2. The number of carbonyl (C=O) groups excluding carboxylic acids is 2. The Morgan fingerprint density at radius 1 is 1.07 bits per heavy atom. The van der Waals surface area contributed by atoms with Gasteiger partial charge >= 0.3 is 6.09 Å². The first-order valence-corrected chi connectivity index (χ1v) is 16.7. The maximum Gasteiger partial charge on any atom is 0.409 e. The number of aromatic nitrogens is 2. The number of hydrogen-bond acceptors (Lipinski definition) is 10. The van der Waals surface area contributed by atoms with Crippen LogP contribution in [0.5, 0.6) is 5.88 Å². The first-order valence-electron chi connectivity index (χ1n) is 14.4. The zero-order valence-corrected chi connectivity index (χ0v) is 26.5. The van der Waals surface area contributed by atoms with Gasteiger partial charge in [-0.25, -0.2) is 23.2 Å². The predicted octanol–water partition coefficient (Wildman–Crippen LogP) is 3.18. The van der Waals surface area contributed by atoms with Gasteiger partial charge in [0.1, 0.15) is 15.4 Å². The molecule has 0 bridgehead atoms. The summed E-state index contributed by atoms with van der Waals surface area (Å²) in [6, 6.07) is 17.5. The van der Waals surface area contributed by atoms with Gasteiger partial charge in [0.05, 0.1) is 32.1 Å². The van der Waals surface area contributed by atoms with Crippen LogP contribution in [0.25, 0.3) is 10.3 Å². The van der Waals surface area contributed by atoms with Crippen molar-refractivity contribution in [2.75, 3.05) is 51.9 Å². The molecule has 2 amide bonds. The molecule has 45 heavy (non-hydrogen) atoms. The number of anilines is 1. The van der Waals surface area contributed by atoms with E-state index in [1.807, 2.05) is 30.3 Å². The first-order chi connectivity index (χ1) is 21.7. The van der Waals surface area contributed by atoms with E-state index in [-0.39, 0.29) is 50.0 Å². The van der Waals surface area contributed by atoms with Crippen molar-refractivity contribution in [2.24, 2.45) is 0 Å². The molecular weight excluding hydrogens is 619 g/mol. The van der Waals surface area contributed by atoms with Crippen LogP contribution >= 0.6 is 11.3 Å². The molecule has 2 aliphatic rings. The van der Waals surface area contributed by atoms with E-state index in [4.69, 9.17) is 9.47 Å². The molecule has 1 saturated heterocycles. The maximum atomic E-state index is 14.0. The van der Waals surface area contributed by atoms with E-state index in [1.54, 1.807) is 34.1 Å². The van der Waals surface area contributed by atoms with Crippen LogP contribution in [-0.2, 0) is 37.9 Å². The Morgan fingerprint density at radius 3 is 2.60 bits per heavy atom. The van der Waals surface area contributed by atoms with Crippen LogP contribution < -0.4 is 9.64 Å². The third kappa shape index (κ3) is 5.86. The van der Waals surface area contributed by atoms with Gasteiger partial charge in [-0.1, -0.05) is 41.7 Å². The third-order valence-electron chi connectivity index (χ3n) is 8.35. The monoisotopic (exact) mass is 651 g/mol. The van der Waals surface area contributed by atoms with Gasteiger partial charge in [0, 0.05) is 49.9 Å². The third-order valence-corrected chi connectivity index (χ3v) is 11.2. The average Bonchev–Trinajstić information content (AvgIpc) is 3.75. The molecule has 236 valence electrons. The number of rotatable bonds is 9. The largest absolute Gasteiger partial charge is 0.481 e. The fourth-order valence-electron chi connectivity index (χ4n) is 6.13. The number of thiazole rings is 1. The summed E-state index contributed by atoms with van der Waals surface area (Å²) in [5.41, 5.74) is 2.06.